The molecule has 0 aliphatic carbocycles. The normalized spacial score (nSPS) is 14.4. The third kappa shape index (κ3) is 4.83. The molecule has 2 aromatic carbocycles. The molecule has 5 heterocycles. The first kappa shape index (κ1) is 24.5. The van der Waals surface area contributed by atoms with Gasteiger partial charge in [-0.25, -0.2) is 0 Å². The number of aromatic amines is 2. The van der Waals surface area contributed by atoms with Crippen LogP contribution in [0.2, 0.25) is 0 Å². The molecule has 0 amide bonds. The Morgan fingerprint density at radius 2 is 1.65 bits per heavy atom. The Balaban J connectivity index is 1.17. The number of benzene rings is 2. The van der Waals surface area contributed by atoms with Gasteiger partial charge in [-0.2, -0.15) is 5.10 Å². The van der Waals surface area contributed by atoms with Gasteiger partial charge in [-0.1, -0.05) is 36.4 Å². The summed E-state index contributed by atoms with van der Waals surface area (Å²) in [6.45, 7) is 5.77. The summed E-state index contributed by atoms with van der Waals surface area (Å²) in [7, 11) is 2.19. The second kappa shape index (κ2) is 10.6. The lowest BCUT2D eigenvalue weighted by molar-refractivity contribution is 0.313. The average Bonchev–Trinajstić information content (AvgIpc) is 3.62. The summed E-state index contributed by atoms with van der Waals surface area (Å²) in [5, 5.41) is 13.6. The highest BCUT2D eigenvalue weighted by Crippen LogP contribution is 2.34. The van der Waals surface area contributed by atoms with Crippen molar-refractivity contribution in [2.24, 2.45) is 0 Å². The van der Waals surface area contributed by atoms with Crippen LogP contribution in [0.3, 0.4) is 0 Å². The molecular formula is C32H32N8. The van der Waals surface area contributed by atoms with Crippen LogP contribution in [0.5, 0.6) is 0 Å². The van der Waals surface area contributed by atoms with Crippen LogP contribution in [-0.2, 0) is 13.1 Å². The Hall–Kier alpha value is -4.53. The van der Waals surface area contributed by atoms with Crippen molar-refractivity contribution in [2.45, 2.75) is 13.1 Å². The van der Waals surface area contributed by atoms with Gasteiger partial charge in [0, 0.05) is 79.2 Å². The lowest BCUT2D eigenvalue weighted by Crippen LogP contribution is -2.44. The number of piperazine rings is 1. The minimum atomic E-state index is 0.736. The fourth-order valence-corrected chi connectivity index (χ4v) is 5.54. The van der Waals surface area contributed by atoms with E-state index in [1.165, 1.54) is 16.6 Å². The highest BCUT2D eigenvalue weighted by atomic mass is 15.2. The highest BCUT2D eigenvalue weighted by Gasteiger charge is 2.19. The summed E-state index contributed by atoms with van der Waals surface area (Å²) in [6, 6.07) is 23.4. The molecule has 6 aromatic rings. The summed E-state index contributed by atoms with van der Waals surface area (Å²) < 4.78 is 0. The van der Waals surface area contributed by atoms with Crippen LogP contribution >= 0.6 is 0 Å². The van der Waals surface area contributed by atoms with Gasteiger partial charge >= 0.3 is 0 Å². The van der Waals surface area contributed by atoms with Gasteiger partial charge < -0.3 is 20.1 Å². The predicted octanol–water partition coefficient (Wildman–Crippen LogP) is 5.21. The molecule has 0 unspecified atom stereocenters. The van der Waals surface area contributed by atoms with E-state index in [0.717, 1.165) is 83.9 Å². The van der Waals surface area contributed by atoms with Crippen LogP contribution in [-0.4, -0.2) is 63.3 Å². The van der Waals surface area contributed by atoms with E-state index in [9.17, 15) is 0 Å². The number of rotatable bonds is 7. The molecule has 8 nitrogen and oxygen atoms in total. The number of hydrogen-bond acceptors (Lipinski definition) is 6. The van der Waals surface area contributed by atoms with Gasteiger partial charge in [0.05, 0.1) is 23.1 Å². The molecule has 200 valence electrons. The van der Waals surface area contributed by atoms with E-state index in [-0.39, 0.29) is 0 Å². The second-order valence-corrected chi connectivity index (χ2v) is 10.6. The van der Waals surface area contributed by atoms with Crippen molar-refractivity contribution in [3.05, 3.63) is 96.4 Å². The Morgan fingerprint density at radius 3 is 2.52 bits per heavy atom. The molecule has 1 aliphatic rings. The van der Waals surface area contributed by atoms with Crippen molar-refractivity contribution >= 4 is 27.5 Å². The number of fused-ring (bicyclic) bond motifs is 2. The maximum absolute atomic E-state index is 4.72. The number of hydrogen-bond donors (Lipinski definition) is 3. The molecule has 0 saturated carbocycles. The first-order chi connectivity index (χ1) is 19.7. The minimum absolute atomic E-state index is 0.736. The van der Waals surface area contributed by atoms with Crippen molar-refractivity contribution in [3.63, 3.8) is 0 Å². The summed E-state index contributed by atoms with van der Waals surface area (Å²) >= 11 is 0. The third-order valence-corrected chi connectivity index (χ3v) is 7.78. The van der Waals surface area contributed by atoms with E-state index in [1.807, 2.05) is 24.7 Å². The first-order valence-electron chi connectivity index (χ1n) is 13.8. The van der Waals surface area contributed by atoms with Crippen molar-refractivity contribution in [2.75, 3.05) is 38.1 Å². The maximum atomic E-state index is 4.72. The third-order valence-electron chi connectivity index (χ3n) is 7.78. The summed E-state index contributed by atoms with van der Waals surface area (Å²) in [5.41, 5.74) is 9.45. The van der Waals surface area contributed by atoms with Gasteiger partial charge in [0.2, 0.25) is 0 Å². The monoisotopic (exact) mass is 528 g/mol. The smallest absolute Gasteiger partial charge is 0.116 e. The Bertz CT molecular complexity index is 1760. The average molecular weight is 529 g/mol. The molecule has 0 atom stereocenters. The summed E-state index contributed by atoms with van der Waals surface area (Å²) in [4.78, 5) is 17.7. The molecule has 4 aromatic heterocycles. The zero-order valence-corrected chi connectivity index (χ0v) is 22.6. The molecule has 8 heteroatoms. The molecule has 1 fully saturated rings. The fraction of sp³-hybridized carbons (Fsp3) is 0.219. The van der Waals surface area contributed by atoms with Crippen molar-refractivity contribution in [1.29, 1.82) is 0 Å². The molecule has 0 spiro atoms. The van der Waals surface area contributed by atoms with Gasteiger partial charge in [0.25, 0.3) is 0 Å². The van der Waals surface area contributed by atoms with Crippen LogP contribution in [0.15, 0.2) is 85.3 Å². The lowest BCUT2D eigenvalue weighted by atomic mass is 10.1. The lowest BCUT2D eigenvalue weighted by Gasteiger charge is -2.34. The maximum Gasteiger partial charge on any atom is 0.116 e. The molecule has 1 aliphatic heterocycles. The zero-order chi connectivity index (χ0) is 26.9. The highest BCUT2D eigenvalue weighted by molar-refractivity contribution is 6.00. The van der Waals surface area contributed by atoms with E-state index < -0.39 is 0 Å². The Kier molecular flexibility index (Phi) is 6.47. The van der Waals surface area contributed by atoms with Crippen LogP contribution in [0.4, 0.5) is 5.69 Å². The van der Waals surface area contributed by atoms with Crippen LogP contribution in [0.1, 0.15) is 11.1 Å². The first-order valence-corrected chi connectivity index (χ1v) is 13.8. The molecular weight excluding hydrogens is 496 g/mol. The Labute approximate surface area is 233 Å². The largest absolute Gasteiger partial charge is 0.368 e. The van der Waals surface area contributed by atoms with E-state index in [1.54, 1.807) is 0 Å². The topological polar surface area (TPSA) is 88.8 Å². The number of nitrogens with one attached hydrogen (secondary N) is 3. The SMILES string of the molecule is CN1CCN(c2cccc3[nH]c(-c4n[nH]c5cnc(-c6cncc(CNCc7ccccc7)c6)cc45)cc23)CC1. The second-order valence-electron chi connectivity index (χ2n) is 10.6. The number of H-pyrrole nitrogens is 2. The van der Waals surface area contributed by atoms with Crippen molar-refractivity contribution in [3.8, 4) is 22.6 Å². The zero-order valence-electron chi connectivity index (χ0n) is 22.6. The molecule has 1 saturated heterocycles. The van der Waals surface area contributed by atoms with Gasteiger partial charge in [0.15, 0.2) is 0 Å². The minimum Gasteiger partial charge on any atom is -0.368 e. The van der Waals surface area contributed by atoms with Crippen LogP contribution in [0.25, 0.3) is 44.5 Å². The number of likely N-dealkylation sites (N-methyl/N-ethyl adjacent to an activating group) is 1. The molecule has 3 N–H and O–H groups in total. The van der Waals surface area contributed by atoms with Crippen molar-refractivity contribution in [1.82, 2.24) is 35.4 Å². The van der Waals surface area contributed by atoms with Gasteiger partial charge in [-0.3, -0.25) is 15.1 Å². The van der Waals surface area contributed by atoms with Gasteiger partial charge in [-0.15, -0.1) is 0 Å². The van der Waals surface area contributed by atoms with Crippen molar-refractivity contribution < 1.29 is 0 Å². The number of aromatic nitrogens is 5. The standard InChI is InChI=1S/C32H32N8/c1-39-10-12-40(13-11-39)31-9-5-8-27-25(31)15-29(36-27)32-26-16-28(35-21-30(26)37-38-32)24-14-23(19-34-20-24)18-33-17-22-6-3-2-4-7-22/h2-9,14-16,19-21,33,36H,10-13,17-18H2,1H3,(H,37,38). The summed E-state index contributed by atoms with van der Waals surface area (Å²) in [5.74, 6) is 0. The summed E-state index contributed by atoms with van der Waals surface area (Å²) in [6.07, 6.45) is 5.64. The van der Waals surface area contributed by atoms with E-state index in [0.29, 0.717) is 0 Å². The fourth-order valence-electron chi connectivity index (χ4n) is 5.54. The predicted molar refractivity (Wildman–Crippen MR) is 161 cm³/mol. The van der Waals surface area contributed by atoms with Gasteiger partial charge in [0.1, 0.15) is 5.69 Å². The van der Waals surface area contributed by atoms with E-state index in [2.05, 4.69) is 97.9 Å². The van der Waals surface area contributed by atoms with E-state index in [4.69, 9.17) is 10.1 Å². The number of nitrogens with zero attached hydrogens (tertiary/aromatic N) is 5. The molecule has 0 radical (unpaired) electrons. The molecule has 0 bridgehead atoms. The van der Waals surface area contributed by atoms with Gasteiger partial charge in [-0.05, 0) is 48.5 Å². The van der Waals surface area contributed by atoms with Crippen LogP contribution in [0, 0.1) is 0 Å². The van der Waals surface area contributed by atoms with Crippen LogP contribution < -0.4 is 10.2 Å². The molecule has 40 heavy (non-hydrogen) atoms. The Morgan fingerprint density at radius 1 is 0.800 bits per heavy atom. The number of anilines is 1. The quantitative estimate of drug-likeness (QED) is 0.264. The molecule has 7 rings (SSSR count). The van der Waals surface area contributed by atoms with E-state index >= 15 is 0 Å². The number of pyridine rings is 2.